The van der Waals surface area contributed by atoms with Crippen LogP contribution in [0.1, 0.15) is 12.8 Å². The van der Waals surface area contributed by atoms with Crippen LogP contribution in [-0.4, -0.2) is 37.2 Å². The highest BCUT2D eigenvalue weighted by Gasteiger charge is 2.45. The van der Waals surface area contributed by atoms with Crippen LogP contribution in [0.5, 0.6) is 0 Å². The van der Waals surface area contributed by atoms with Gasteiger partial charge in [0.2, 0.25) is 5.91 Å². The number of nitrogens with one attached hydrogen (secondary N) is 1. The standard InChI is InChI=1S/C9H17N3O2/c10-7(8(11)13)1-6-2-9(12-3-6)4-14-5-9/h6-7,12H,1-5,10H2,(H2,11,13)/t6?,7-/m0/s1. The summed E-state index contributed by atoms with van der Waals surface area (Å²) in [5.74, 6) is 0.0530. The van der Waals surface area contributed by atoms with Gasteiger partial charge in [-0.3, -0.25) is 4.79 Å². The van der Waals surface area contributed by atoms with E-state index in [9.17, 15) is 4.79 Å². The molecule has 0 aromatic rings. The summed E-state index contributed by atoms with van der Waals surface area (Å²) in [4.78, 5) is 10.8. The predicted molar refractivity (Wildman–Crippen MR) is 51.4 cm³/mol. The fourth-order valence-corrected chi connectivity index (χ4v) is 2.27. The minimum atomic E-state index is -0.502. The van der Waals surface area contributed by atoms with Crippen molar-refractivity contribution in [2.45, 2.75) is 24.4 Å². The van der Waals surface area contributed by atoms with Crippen molar-refractivity contribution in [1.29, 1.82) is 0 Å². The number of nitrogens with two attached hydrogens (primary N) is 2. The smallest absolute Gasteiger partial charge is 0.234 e. The quantitative estimate of drug-likeness (QED) is 0.519. The van der Waals surface area contributed by atoms with E-state index in [1.165, 1.54) is 0 Å². The van der Waals surface area contributed by atoms with E-state index in [0.29, 0.717) is 12.3 Å². The molecule has 0 radical (unpaired) electrons. The molecule has 5 N–H and O–H groups in total. The van der Waals surface area contributed by atoms with Crippen molar-refractivity contribution in [3.8, 4) is 0 Å². The second kappa shape index (κ2) is 3.49. The van der Waals surface area contributed by atoms with Gasteiger partial charge in [0.15, 0.2) is 0 Å². The van der Waals surface area contributed by atoms with Crippen LogP contribution in [-0.2, 0) is 9.53 Å². The molecule has 80 valence electrons. The zero-order valence-electron chi connectivity index (χ0n) is 8.16. The van der Waals surface area contributed by atoms with E-state index in [1.807, 2.05) is 0 Å². The molecule has 2 aliphatic heterocycles. The van der Waals surface area contributed by atoms with Gasteiger partial charge in [0, 0.05) is 0 Å². The molecule has 2 fully saturated rings. The van der Waals surface area contributed by atoms with Gasteiger partial charge in [0.1, 0.15) is 0 Å². The molecule has 5 nitrogen and oxygen atoms in total. The van der Waals surface area contributed by atoms with E-state index >= 15 is 0 Å². The van der Waals surface area contributed by atoms with E-state index < -0.39 is 11.9 Å². The molecule has 2 aliphatic rings. The highest BCUT2D eigenvalue weighted by Crippen LogP contribution is 2.32. The molecule has 0 aromatic heterocycles. The van der Waals surface area contributed by atoms with Gasteiger partial charge >= 0.3 is 0 Å². The summed E-state index contributed by atoms with van der Waals surface area (Å²) in [6, 6.07) is -0.502. The molecular formula is C9H17N3O2. The normalized spacial score (nSPS) is 31.4. The van der Waals surface area contributed by atoms with Crippen LogP contribution >= 0.6 is 0 Å². The first-order chi connectivity index (χ1) is 6.61. The third-order valence-corrected chi connectivity index (χ3v) is 3.15. The molecule has 2 atom stereocenters. The van der Waals surface area contributed by atoms with Gasteiger partial charge in [-0.1, -0.05) is 0 Å². The Morgan fingerprint density at radius 1 is 1.64 bits per heavy atom. The summed E-state index contributed by atoms with van der Waals surface area (Å²) in [6.45, 7) is 2.49. The number of hydrogen-bond acceptors (Lipinski definition) is 4. The Bertz CT molecular complexity index is 240. The lowest BCUT2D eigenvalue weighted by Gasteiger charge is -2.38. The number of rotatable bonds is 3. The van der Waals surface area contributed by atoms with Gasteiger partial charge in [-0.15, -0.1) is 0 Å². The summed E-state index contributed by atoms with van der Waals surface area (Å²) in [7, 11) is 0. The fraction of sp³-hybridized carbons (Fsp3) is 0.889. The first kappa shape index (κ1) is 9.89. The second-order valence-electron chi connectivity index (χ2n) is 4.47. The lowest BCUT2D eigenvalue weighted by Crippen LogP contribution is -2.56. The molecule has 2 heterocycles. The molecule has 0 aromatic carbocycles. The average molecular weight is 199 g/mol. The first-order valence-electron chi connectivity index (χ1n) is 4.99. The molecule has 0 bridgehead atoms. The van der Waals surface area contributed by atoms with Gasteiger partial charge in [-0.25, -0.2) is 0 Å². The lowest BCUT2D eigenvalue weighted by atomic mass is 9.88. The summed E-state index contributed by atoms with van der Waals surface area (Å²) < 4.78 is 5.18. The van der Waals surface area contributed by atoms with Crippen LogP contribution in [0.2, 0.25) is 0 Å². The Labute approximate surface area is 83.2 Å². The third kappa shape index (κ3) is 1.75. The van der Waals surface area contributed by atoms with Crippen molar-refractivity contribution in [1.82, 2.24) is 5.32 Å². The van der Waals surface area contributed by atoms with Crippen LogP contribution in [0, 0.1) is 5.92 Å². The Kier molecular flexibility index (Phi) is 2.47. The number of carbonyl (C=O) groups is 1. The van der Waals surface area contributed by atoms with Crippen molar-refractivity contribution < 1.29 is 9.53 Å². The van der Waals surface area contributed by atoms with Crippen LogP contribution < -0.4 is 16.8 Å². The molecule has 0 aliphatic carbocycles. The molecule has 1 spiro atoms. The third-order valence-electron chi connectivity index (χ3n) is 3.15. The van der Waals surface area contributed by atoms with E-state index in [1.54, 1.807) is 0 Å². The number of carbonyl (C=O) groups excluding carboxylic acids is 1. The summed E-state index contributed by atoms with van der Waals surface area (Å²) in [5.41, 5.74) is 10.9. The Morgan fingerprint density at radius 2 is 2.36 bits per heavy atom. The van der Waals surface area contributed by atoms with Gasteiger partial charge in [0.25, 0.3) is 0 Å². The zero-order valence-corrected chi connectivity index (χ0v) is 8.16. The van der Waals surface area contributed by atoms with Crippen molar-refractivity contribution in [2.75, 3.05) is 19.8 Å². The number of amides is 1. The van der Waals surface area contributed by atoms with Gasteiger partial charge < -0.3 is 21.5 Å². The van der Waals surface area contributed by atoms with Crippen LogP contribution in [0.15, 0.2) is 0 Å². The minimum Gasteiger partial charge on any atom is -0.377 e. The Balaban J connectivity index is 1.81. The highest BCUT2D eigenvalue weighted by molar-refractivity contribution is 5.79. The minimum absolute atomic E-state index is 0.183. The maximum atomic E-state index is 10.8. The molecule has 5 heteroatoms. The molecule has 1 amide bonds. The Morgan fingerprint density at radius 3 is 2.79 bits per heavy atom. The van der Waals surface area contributed by atoms with Crippen molar-refractivity contribution in [3.63, 3.8) is 0 Å². The topological polar surface area (TPSA) is 90.4 Å². The summed E-state index contributed by atoms with van der Waals surface area (Å²) in [6.07, 6.45) is 1.73. The molecule has 0 saturated carbocycles. The van der Waals surface area contributed by atoms with Crippen LogP contribution in [0.4, 0.5) is 0 Å². The fourth-order valence-electron chi connectivity index (χ4n) is 2.27. The maximum absolute atomic E-state index is 10.8. The first-order valence-corrected chi connectivity index (χ1v) is 4.99. The SMILES string of the molecule is NC(=O)[C@@H](N)CC1CNC2(COC2)C1. The molecule has 2 rings (SSSR count). The van der Waals surface area contributed by atoms with Gasteiger partial charge in [-0.05, 0) is 25.3 Å². The van der Waals surface area contributed by atoms with E-state index in [0.717, 1.165) is 26.2 Å². The second-order valence-corrected chi connectivity index (χ2v) is 4.47. The molecule has 1 unspecified atom stereocenters. The van der Waals surface area contributed by atoms with Gasteiger partial charge in [0.05, 0.1) is 24.8 Å². The molecule has 14 heavy (non-hydrogen) atoms. The van der Waals surface area contributed by atoms with Gasteiger partial charge in [-0.2, -0.15) is 0 Å². The van der Waals surface area contributed by atoms with Crippen LogP contribution in [0.3, 0.4) is 0 Å². The summed E-state index contributed by atoms with van der Waals surface area (Å²) >= 11 is 0. The Hall–Kier alpha value is -0.650. The molecular weight excluding hydrogens is 182 g/mol. The predicted octanol–water partition coefficient (Wildman–Crippen LogP) is -1.43. The van der Waals surface area contributed by atoms with Crippen molar-refractivity contribution in [2.24, 2.45) is 17.4 Å². The lowest BCUT2D eigenvalue weighted by molar-refractivity contribution is -0.119. The van der Waals surface area contributed by atoms with Crippen LogP contribution in [0.25, 0.3) is 0 Å². The van der Waals surface area contributed by atoms with E-state index in [4.69, 9.17) is 16.2 Å². The maximum Gasteiger partial charge on any atom is 0.234 e. The molecule has 2 saturated heterocycles. The number of hydrogen-bond donors (Lipinski definition) is 3. The number of ether oxygens (including phenoxy) is 1. The monoisotopic (exact) mass is 199 g/mol. The van der Waals surface area contributed by atoms with Crippen molar-refractivity contribution in [3.05, 3.63) is 0 Å². The highest BCUT2D eigenvalue weighted by atomic mass is 16.5. The van der Waals surface area contributed by atoms with Crippen molar-refractivity contribution >= 4 is 5.91 Å². The summed E-state index contributed by atoms with van der Waals surface area (Å²) in [5, 5.41) is 3.43. The average Bonchev–Trinajstić information content (AvgIpc) is 2.47. The largest absolute Gasteiger partial charge is 0.377 e. The van der Waals surface area contributed by atoms with E-state index in [-0.39, 0.29) is 5.54 Å². The zero-order chi connectivity index (χ0) is 10.2. The van der Waals surface area contributed by atoms with E-state index in [2.05, 4.69) is 5.32 Å². The number of primary amides is 1.